The molecule has 0 fully saturated rings. The Labute approximate surface area is 142 Å². The third kappa shape index (κ3) is 2.47. The van der Waals surface area contributed by atoms with Crippen LogP contribution in [-0.2, 0) is 35.0 Å². The number of nitrogens with zero attached hydrogens (tertiary/aromatic N) is 5. The van der Waals surface area contributed by atoms with Gasteiger partial charge in [0.1, 0.15) is 10.7 Å². The predicted octanol–water partition coefficient (Wildman–Crippen LogP) is 1.15. The van der Waals surface area contributed by atoms with Gasteiger partial charge < -0.3 is 9.30 Å². The Morgan fingerprint density at radius 1 is 1.33 bits per heavy atom. The minimum absolute atomic E-state index is 0.300. The summed E-state index contributed by atoms with van der Waals surface area (Å²) in [7, 11) is -0.242. The van der Waals surface area contributed by atoms with Crippen molar-refractivity contribution in [2.45, 2.75) is 44.9 Å². The van der Waals surface area contributed by atoms with Crippen molar-refractivity contribution >= 4 is 10.0 Å². The zero-order valence-electron chi connectivity index (χ0n) is 14.6. The van der Waals surface area contributed by atoms with Gasteiger partial charge in [0.2, 0.25) is 10.0 Å². The van der Waals surface area contributed by atoms with Crippen LogP contribution in [0.15, 0.2) is 11.1 Å². The van der Waals surface area contributed by atoms with Crippen molar-refractivity contribution in [3.8, 4) is 0 Å². The second kappa shape index (κ2) is 5.98. The van der Waals surface area contributed by atoms with Gasteiger partial charge in [0, 0.05) is 27.2 Å². The second-order valence-corrected chi connectivity index (χ2v) is 7.94. The van der Waals surface area contributed by atoms with E-state index in [0.29, 0.717) is 36.0 Å². The monoisotopic (exact) mass is 353 g/mol. The summed E-state index contributed by atoms with van der Waals surface area (Å²) in [5.74, 6) is 0.746. The quantitative estimate of drug-likeness (QED) is 0.823. The molecular weight excluding hydrogens is 330 g/mol. The molecule has 0 saturated heterocycles. The third-order valence-electron chi connectivity index (χ3n) is 4.62. The molecule has 0 spiro atoms. The first kappa shape index (κ1) is 17.1. The number of hydrogen-bond donors (Lipinski definition) is 0. The average molecular weight is 353 g/mol. The first-order valence-corrected chi connectivity index (χ1v) is 9.28. The maximum absolute atomic E-state index is 13.2. The highest BCUT2D eigenvalue weighted by atomic mass is 32.2. The van der Waals surface area contributed by atoms with Gasteiger partial charge in [-0.25, -0.2) is 13.4 Å². The van der Waals surface area contributed by atoms with Gasteiger partial charge in [-0.2, -0.15) is 9.40 Å². The molecule has 132 valence electrons. The van der Waals surface area contributed by atoms with Crippen LogP contribution in [0.1, 0.15) is 35.9 Å². The van der Waals surface area contributed by atoms with Crippen molar-refractivity contribution in [1.29, 1.82) is 0 Å². The summed E-state index contributed by atoms with van der Waals surface area (Å²) in [6.45, 7) is 6.80. The van der Waals surface area contributed by atoms with Crippen LogP contribution >= 0.6 is 0 Å². The maximum Gasteiger partial charge on any atom is 0.247 e. The molecule has 3 heterocycles. The number of sulfonamides is 1. The van der Waals surface area contributed by atoms with E-state index in [4.69, 9.17) is 4.74 Å². The van der Waals surface area contributed by atoms with Gasteiger partial charge >= 0.3 is 0 Å². The summed E-state index contributed by atoms with van der Waals surface area (Å²) in [6.07, 6.45) is 1.76. The van der Waals surface area contributed by atoms with E-state index in [-0.39, 0.29) is 6.04 Å². The Morgan fingerprint density at radius 2 is 2.04 bits per heavy atom. The smallest absolute Gasteiger partial charge is 0.247 e. The van der Waals surface area contributed by atoms with E-state index < -0.39 is 10.0 Å². The van der Waals surface area contributed by atoms with Crippen LogP contribution in [-0.4, -0.2) is 45.7 Å². The molecule has 0 bridgehead atoms. The standard InChI is InChI=1S/C15H23N5O3S/c1-10-14(11(2)18(4)17-10)24(21,22)20-7-6-19-13(9-23-5)8-16-15(19)12(20)3/h8,12H,6-7,9H2,1-5H3/t12-/m1/s1. The summed E-state index contributed by atoms with van der Waals surface area (Å²) in [6, 6.07) is -0.339. The molecule has 2 aromatic heterocycles. The Kier molecular flexibility index (Phi) is 4.27. The van der Waals surface area contributed by atoms with Gasteiger partial charge in [-0.05, 0) is 20.8 Å². The molecule has 0 amide bonds. The highest BCUT2D eigenvalue weighted by molar-refractivity contribution is 7.89. The van der Waals surface area contributed by atoms with E-state index in [1.54, 1.807) is 38.9 Å². The molecule has 2 aromatic rings. The molecule has 0 saturated carbocycles. The molecule has 1 aliphatic heterocycles. The number of imidazole rings is 1. The number of hydrogen-bond acceptors (Lipinski definition) is 5. The van der Waals surface area contributed by atoms with E-state index in [1.165, 1.54) is 4.31 Å². The van der Waals surface area contributed by atoms with E-state index >= 15 is 0 Å². The predicted molar refractivity (Wildman–Crippen MR) is 87.9 cm³/mol. The number of fused-ring (bicyclic) bond motifs is 1. The number of methoxy groups -OCH3 is 1. The zero-order chi connectivity index (χ0) is 17.6. The summed E-state index contributed by atoms with van der Waals surface area (Å²) in [5, 5.41) is 4.24. The fourth-order valence-electron chi connectivity index (χ4n) is 3.38. The van der Waals surface area contributed by atoms with E-state index in [2.05, 4.69) is 10.1 Å². The fraction of sp³-hybridized carbons (Fsp3) is 0.600. The average Bonchev–Trinajstić information content (AvgIpc) is 3.02. The molecule has 8 nitrogen and oxygen atoms in total. The Morgan fingerprint density at radius 3 is 2.62 bits per heavy atom. The summed E-state index contributed by atoms with van der Waals surface area (Å²) < 4.78 is 36.8. The Balaban J connectivity index is 2.01. The van der Waals surface area contributed by atoms with E-state index in [0.717, 1.165) is 11.5 Å². The van der Waals surface area contributed by atoms with Gasteiger partial charge in [0.15, 0.2) is 0 Å². The molecule has 3 rings (SSSR count). The molecule has 0 aliphatic carbocycles. The lowest BCUT2D eigenvalue weighted by Crippen LogP contribution is -2.41. The largest absolute Gasteiger partial charge is 0.378 e. The molecule has 9 heteroatoms. The zero-order valence-corrected chi connectivity index (χ0v) is 15.5. The van der Waals surface area contributed by atoms with Crippen molar-refractivity contribution < 1.29 is 13.2 Å². The van der Waals surface area contributed by atoms with E-state index in [1.807, 2.05) is 11.5 Å². The van der Waals surface area contributed by atoms with Gasteiger partial charge in [0.25, 0.3) is 0 Å². The molecule has 0 radical (unpaired) electrons. The lowest BCUT2D eigenvalue weighted by molar-refractivity contribution is 0.173. The first-order chi connectivity index (χ1) is 11.3. The summed E-state index contributed by atoms with van der Waals surface area (Å²) >= 11 is 0. The molecule has 0 aromatic carbocycles. The molecule has 1 atom stereocenters. The Bertz CT molecular complexity index is 868. The van der Waals surface area contributed by atoms with Crippen molar-refractivity contribution in [2.24, 2.45) is 7.05 Å². The second-order valence-electron chi connectivity index (χ2n) is 6.11. The van der Waals surface area contributed by atoms with Crippen molar-refractivity contribution in [3.63, 3.8) is 0 Å². The fourth-order valence-corrected chi connectivity index (χ4v) is 5.36. The first-order valence-electron chi connectivity index (χ1n) is 7.84. The van der Waals surface area contributed by atoms with Crippen LogP contribution in [0.4, 0.5) is 0 Å². The van der Waals surface area contributed by atoms with Gasteiger partial charge in [-0.15, -0.1) is 0 Å². The van der Waals surface area contributed by atoms with Gasteiger partial charge in [0.05, 0.1) is 35.9 Å². The lowest BCUT2D eigenvalue weighted by Gasteiger charge is -2.33. The third-order valence-corrected chi connectivity index (χ3v) is 6.84. The van der Waals surface area contributed by atoms with Crippen molar-refractivity contribution in [2.75, 3.05) is 13.7 Å². The van der Waals surface area contributed by atoms with Gasteiger partial charge in [-0.1, -0.05) is 0 Å². The summed E-state index contributed by atoms with van der Waals surface area (Å²) in [4.78, 5) is 4.72. The normalized spacial score (nSPS) is 18.8. The SMILES string of the molecule is COCc1cnc2n1CCN(S(=O)(=O)c1c(C)nn(C)c1C)[C@@H]2C. The lowest BCUT2D eigenvalue weighted by atomic mass is 10.2. The molecule has 0 N–H and O–H groups in total. The van der Waals surface area contributed by atoms with Crippen molar-refractivity contribution in [3.05, 3.63) is 29.1 Å². The van der Waals surface area contributed by atoms with Crippen LogP contribution in [0.2, 0.25) is 0 Å². The number of ether oxygens (including phenoxy) is 1. The maximum atomic E-state index is 13.2. The molecule has 24 heavy (non-hydrogen) atoms. The molecular formula is C15H23N5O3S. The summed E-state index contributed by atoms with van der Waals surface area (Å²) in [5.41, 5.74) is 2.13. The topological polar surface area (TPSA) is 82.2 Å². The van der Waals surface area contributed by atoms with Crippen LogP contribution in [0.5, 0.6) is 0 Å². The van der Waals surface area contributed by atoms with Crippen molar-refractivity contribution in [1.82, 2.24) is 23.6 Å². The highest BCUT2D eigenvalue weighted by Crippen LogP contribution is 2.33. The van der Waals surface area contributed by atoms with E-state index in [9.17, 15) is 8.42 Å². The van der Waals surface area contributed by atoms with Crippen LogP contribution < -0.4 is 0 Å². The van der Waals surface area contributed by atoms with Crippen LogP contribution in [0.25, 0.3) is 0 Å². The number of aromatic nitrogens is 4. The van der Waals surface area contributed by atoms with Crippen LogP contribution in [0.3, 0.4) is 0 Å². The molecule has 0 unspecified atom stereocenters. The number of rotatable bonds is 4. The Hall–Kier alpha value is -1.71. The highest BCUT2D eigenvalue weighted by Gasteiger charge is 2.38. The number of aryl methyl sites for hydroxylation is 2. The minimum atomic E-state index is -3.63. The molecule has 1 aliphatic rings. The van der Waals surface area contributed by atoms with Gasteiger partial charge in [-0.3, -0.25) is 4.68 Å². The minimum Gasteiger partial charge on any atom is -0.378 e. The van der Waals surface area contributed by atoms with Crippen LogP contribution in [0, 0.1) is 13.8 Å².